The maximum atomic E-state index is 13.0. The van der Waals surface area contributed by atoms with Crippen molar-refractivity contribution in [2.45, 2.75) is 24.3 Å². The highest BCUT2D eigenvalue weighted by Gasteiger charge is 2.27. The lowest BCUT2D eigenvalue weighted by atomic mass is 10.0. The highest BCUT2D eigenvalue weighted by Crippen LogP contribution is 2.29. The summed E-state index contributed by atoms with van der Waals surface area (Å²) in [5.74, 6) is -0.505. The SMILES string of the molecule is CN(Cc1ccccc1)S(=O)(=O)c1cc(C(=O)O)c(CCc2ccco2)cc1Cl. The Morgan fingerprint density at radius 2 is 1.83 bits per heavy atom. The van der Waals surface area contributed by atoms with Crippen LogP contribution < -0.4 is 0 Å². The topological polar surface area (TPSA) is 87.8 Å². The van der Waals surface area contributed by atoms with Crippen molar-refractivity contribution in [3.05, 3.63) is 88.3 Å². The first-order chi connectivity index (χ1) is 13.8. The summed E-state index contributed by atoms with van der Waals surface area (Å²) in [5, 5.41) is 9.59. The smallest absolute Gasteiger partial charge is 0.336 e. The van der Waals surface area contributed by atoms with Gasteiger partial charge in [0.2, 0.25) is 10.0 Å². The molecule has 0 aliphatic heterocycles. The largest absolute Gasteiger partial charge is 0.478 e. The molecule has 29 heavy (non-hydrogen) atoms. The number of benzene rings is 2. The van der Waals surface area contributed by atoms with Crippen molar-refractivity contribution in [1.29, 1.82) is 0 Å². The zero-order valence-corrected chi connectivity index (χ0v) is 17.3. The second-order valence-corrected chi connectivity index (χ2v) is 8.99. The van der Waals surface area contributed by atoms with Crippen LogP contribution in [-0.2, 0) is 29.4 Å². The molecule has 0 aliphatic rings. The van der Waals surface area contributed by atoms with E-state index in [9.17, 15) is 18.3 Å². The Kier molecular flexibility index (Phi) is 6.42. The second kappa shape index (κ2) is 8.82. The second-order valence-electron chi connectivity index (χ2n) is 6.57. The van der Waals surface area contributed by atoms with Gasteiger partial charge in [-0.2, -0.15) is 4.31 Å². The summed E-state index contributed by atoms with van der Waals surface area (Å²) in [7, 11) is -2.54. The molecule has 3 rings (SSSR count). The molecule has 1 aromatic heterocycles. The van der Waals surface area contributed by atoms with E-state index in [1.54, 1.807) is 18.4 Å². The maximum Gasteiger partial charge on any atom is 0.336 e. The highest BCUT2D eigenvalue weighted by atomic mass is 35.5. The standard InChI is InChI=1S/C21H20ClNO5S/c1-23(14-15-6-3-2-4-7-15)29(26,27)20-13-18(21(24)25)16(12-19(20)22)9-10-17-8-5-11-28-17/h2-8,11-13H,9-10,14H2,1H3,(H,24,25). The van der Waals surface area contributed by atoms with Crippen LogP contribution in [0.1, 0.15) is 27.2 Å². The van der Waals surface area contributed by atoms with E-state index in [4.69, 9.17) is 16.0 Å². The zero-order chi connectivity index (χ0) is 21.0. The van der Waals surface area contributed by atoms with E-state index in [2.05, 4.69) is 0 Å². The lowest BCUT2D eigenvalue weighted by Crippen LogP contribution is -2.27. The molecule has 0 saturated carbocycles. The summed E-state index contributed by atoms with van der Waals surface area (Å²) in [6.07, 6.45) is 2.37. The van der Waals surface area contributed by atoms with Gasteiger partial charge < -0.3 is 9.52 Å². The van der Waals surface area contributed by atoms with Crippen LogP contribution in [0.5, 0.6) is 0 Å². The third kappa shape index (κ3) is 4.87. The van der Waals surface area contributed by atoms with Gasteiger partial charge in [-0.3, -0.25) is 0 Å². The Morgan fingerprint density at radius 1 is 1.10 bits per heavy atom. The summed E-state index contributed by atoms with van der Waals surface area (Å²) in [6.45, 7) is 0.141. The van der Waals surface area contributed by atoms with E-state index >= 15 is 0 Å². The van der Waals surface area contributed by atoms with Gasteiger partial charge in [-0.25, -0.2) is 13.2 Å². The highest BCUT2D eigenvalue weighted by molar-refractivity contribution is 7.89. The number of carboxylic acid groups (broad SMARTS) is 1. The number of halogens is 1. The molecule has 0 spiro atoms. The van der Waals surface area contributed by atoms with Gasteiger partial charge in [0.15, 0.2) is 0 Å². The molecule has 0 atom stereocenters. The summed E-state index contributed by atoms with van der Waals surface area (Å²) < 4.78 is 32.5. The molecule has 1 N–H and O–H groups in total. The average Bonchev–Trinajstić information content (AvgIpc) is 3.20. The maximum absolute atomic E-state index is 13.0. The molecule has 0 saturated heterocycles. The molecule has 0 amide bonds. The number of carbonyl (C=O) groups is 1. The monoisotopic (exact) mass is 433 g/mol. The van der Waals surface area contributed by atoms with Crippen molar-refractivity contribution < 1.29 is 22.7 Å². The van der Waals surface area contributed by atoms with E-state index in [0.29, 0.717) is 24.2 Å². The van der Waals surface area contributed by atoms with Crippen LogP contribution in [0.2, 0.25) is 5.02 Å². The van der Waals surface area contributed by atoms with E-state index in [0.717, 1.165) is 15.9 Å². The van der Waals surface area contributed by atoms with Gasteiger partial charge in [-0.15, -0.1) is 0 Å². The molecule has 0 unspecified atom stereocenters. The van der Waals surface area contributed by atoms with Gasteiger partial charge in [-0.05, 0) is 41.8 Å². The zero-order valence-electron chi connectivity index (χ0n) is 15.7. The molecule has 0 radical (unpaired) electrons. The first kappa shape index (κ1) is 21.1. The molecule has 2 aromatic carbocycles. The van der Waals surface area contributed by atoms with Crippen LogP contribution in [0.3, 0.4) is 0 Å². The van der Waals surface area contributed by atoms with Gasteiger partial charge in [-0.1, -0.05) is 41.9 Å². The number of rotatable bonds is 8. The fourth-order valence-electron chi connectivity index (χ4n) is 3.00. The van der Waals surface area contributed by atoms with Gasteiger partial charge in [0.1, 0.15) is 10.7 Å². The van der Waals surface area contributed by atoms with Crippen molar-refractivity contribution in [1.82, 2.24) is 4.31 Å². The fraction of sp³-hybridized carbons (Fsp3) is 0.190. The molecule has 0 aliphatic carbocycles. The van der Waals surface area contributed by atoms with Crippen molar-refractivity contribution in [2.24, 2.45) is 0 Å². The van der Waals surface area contributed by atoms with Crippen molar-refractivity contribution >= 4 is 27.6 Å². The van der Waals surface area contributed by atoms with E-state index in [-0.39, 0.29) is 22.0 Å². The Labute approximate surface area is 174 Å². The number of aromatic carboxylic acids is 1. The van der Waals surface area contributed by atoms with Crippen molar-refractivity contribution in [2.75, 3.05) is 7.05 Å². The number of nitrogens with zero attached hydrogens (tertiary/aromatic N) is 1. The van der Waals surface area contributed by atoms with Gasteiger partial charge >= 0.3 is 5.97 Å². The minimum absolute atomic E-state index is 0.00986. The normalized spacial score (nSPS) is 11.7. The third-order valence-corrected chi connectivity index (χ3v) is 6.81. The molecular weight excluding hydrogens is 414 g/mol. The van der Waals surface area contributed by atoms with Crippen LogP contribution in [0.25, 0.3) is 0 Å². The Hall–Kier alpha value is -2.61. The molecule has 8 heteroatoms. The summed E-state index contributed by atoms with van der Waals surface area (Å²) >= 11 is 6.28. The van der Waals surface area contributed by atoms with Gasteiger partial charge in [0.05, 0.1) is 16.8 Å². The molecular formula is C21H20ClNO5S. The lowest BCUT2D eigenvalue weighted by Gasteiger charge is -2.19. The van der Waals surface area contributed by atoms with E-state index < -0.39 is 16.0 Å². The third-order valence-electron chi connectivity index (χ3n) is 4.55. The number of sulfonamides is 1. The number of furan rings is 1. The predicted molar refractivity (Wildman–Crippen MR) is 110 cm³/mol. The lowest BCUT2D eigenvalue weighted by molar-refractivity contribution is 0.0695. The van der Waals surface area contributed by atoms with E-state index in [1.165, 1.54) is 13.1 Å². The molecule has 6 nitrogen and oxygen atoms in total. The number of hydrogen-bond donors (Lipinski definition) is 1. The minimum atomic E-state index is -3.98. The van der Waals surface area contributed by atoms with Crippen LogP contribution in [0, 0.1) is 0 Å². The first-order valence-corrected chi connectivity index (χ1v) is 10.7. The van der Waals surface area contributed by atoms with Gasteiger partial charge in [0, 0.05) is 20.0 Å². The molecule has 0 fully saturated rings. The minimum Gasteiger partial charge on any atom is -0.478 e. The Morgan fingerprint density at radius 3 is 2.45 bits per heavy atom. The number of hydrogen-bond acceptors (Lipinski definition) is 4. The Balaban J connectivity index is 1.91. The predicted octanol–water partition coefficient (Wildman–Crippen LogP) is 4.24. The molecule has 0 bridgehead atoms. The number of carboxylic acids is 1. The fourth-order valence-corrected chi connectivity index (χ4v) is 4.71. The molecule has 152 valence electrons. The molecule has 1 heterocycles. The first-order valence-electron chi connectivity index (χ1n) is 8.87. The van der Waals surface area contributed by atoms with Crippen LogP contribution in [0.4, 0.5) is 0 Å². The number of aryl methyl sites for hydroxylation is 2. The Bertz CT molecular complexity index is 1100. The summed E-state index contributed by atoms with van der Waals surface area (Å²) in [4.78, 5) is 11.5. The van der Waals surface area contributed by atoms with Crippen LogP contribution in [0.15, 0.2) is 70.2 Å². The summed E-state index contributed by atoms with van der Waals surface area (Å²) in [6, 6.07) is 15.2. The van der Waals surface area contributed by atoms with Crippen LogP contribution >= 0.6 is 11.6 Å². The van der Waals surface area contributed by atoms with Crippen molar-refractivity contribution in [3.8, 4) is 0 Å². The molecule has 3 aromatic rings. The van der Waals surface area contributed by atoms with Crippen LogP contribution in [-0.4, -0.2) is 30.8 Å². The summed E-state index contributed by atoms with van der Waals surface area (Å²) in [5.41, 5.74) is 1.17. The average molecular weight is 434 g/mol. The van der Waals surface area contributed by atoms with Gasteiger partial charge in [0.25, 0.3) is 0 Å². The van der Waals surface area contributed by atoms with E-state index in [1.807, 2.05) is 30.3 Å². The quantitative estimate of drug-likeness (QED) is 0.574. The van der Waals surface area contributed by atoms with Crippen molar-refractivity contribution in [3.63, 3.8) is 0 Å².